The molecule has 4 aromatic carbocycles. The molecule has 2 atom stereocenters. The Bertz CT molecular complexity index is 2360. The zero-order valence-corrected chi connectivity index (χ0v) is 34.5. The highest BCUT2D eigenvalue weighted by Gasteiger charge is 2.26. The van der Waals surface area contributed by atoms with Gasteiger partial charge in [-0.05, 0) is 86.6 Å². The second-order valence-corrected chi connectivity index (χ2v) is 14.8. The molecule has 0 saturated carbocycles. The number of aromatic nitrogens is 6. The van der Waals surface area contributed by atoms with Gasteiger partial charge in [0.1, 0.15) is 12.7 Å². The quantitative estimate of drug-likeness (QED) is 0.0217. The molecule has 17 nitrogen and oxygen atoms in total. The fraction of sp³-hybridized carbons (Fsp3) is 0.349. The third kappa shape index (κ3) is 10.7. The minimum atomic E-state index is -1.29. The lowest BCUT2D eigenvalue weighted by Crippen LogP contribution is -2.42. The molecule has 2 heterocycles. The van der Waals surface area contributed by atoms with Crippen LogP contribution in [0.4, 0.5) is 4.79 Å². The summed E-state index contributed by atoms with van der Waals surface area (Å²) < 4.78 is 24.6. The van der Waals surface area contributed by atoms with Gasteiger partial charge in [0, 0.05) is 12.5 Å². The van der Waals surface area contributed by atoms with Crippen LogP contribution in [0.3, 0.4) is 0 Å². The number of carbonyl (C=O) groups is 2. The third-order valence-electron chi connectivity index (χ3n) is 9.60. The largest absolute Gasteiger partial charge is 0.569 e. The number of nitrogens with zero attached hydrogens (tertiary/aromatic N) is 8. The van der Waals surface area contributed by atoms with Gasteiger partial charge in [-0.15, -0.1) is 15.2 Å². The molecule has 0 saturated heterocycles. The van der Waals surface area contributed by atoms with Crippen molar-refractivity contribution < 1.29 is 38.3 Å². The van der Waals surface area contributed by atoms with Crippen LogP contribution in [0.15, 0.2) is 102 Å². The Labute approximate surface area is 347 Å². The maximum absolute atomic E-state index is 13.8. The number of hydrogen-bond acceptors (Lipinski definition) is 13. The lowest BCUT2D eigenvalue weighted by Gasteiger charge is -2.26. The van der Waals surface area contributed by atoms with E-state index in [1.807, 2.05) is 111 Å². The van der Waals surface area contributed by atoms with Gasteiger partial charge in [-0.3, -0.25) is 4.57 Å². The van der Waals surface area contributed by atoms with Gasteiger partial charge < -0.3 is 29.0 Å². The van der Waals surface area contributed by atoms with E-state index in [9.17, 15) is 14.8 Å². The van der Waals surface area contributed by atoms with Crippen molar-refractivity contribution >= 4 is 23.2 Å². The van der Waals surface area contributed by atoms with Gasteiger partial charge in [-0.2, -0.15) is 10.2 Å². The number of aromatic amines is 1. The Morgan fingerprint density at radius 3 is 2.35 bits per heavy atom. The summed E-state index contributed by atoms with van der Waals surface area (Å²) in [5.74, 6) is -0.233. The number of benzene rings is 4. The Morgan fingerprint density at radius 2 is 1.65 bits per heavy atom. The summed E-state index contributed by atoms with van der Waals surface area (Å²) in [7, 11) is 1.63. The number of hydrazine groups is 1. The second-order valence-electron chi connectivity index (χ2n) is 14.8. The number of ether oxygens (including phenoxy) is 4. The van der Waals surface area contributed by atoms with E-state index in [0.29, 0.717) is 60.3 Å². The monoisotopic (exact) mass is 819 g/mol. The van der Waals surface area contributed by atoms with E-state index in [2.05, 4.69) is 30.9 Å². The highest BCUT2D eigenvalue weighted by Crippen LogP contribution is 2.32. The number of carbonyl (C=O) groups excluding carboxylic acids is 2. The number of H-pyrrole nitrogens is 1. The van der Waals surface area contributed by atoms with Crippen LogP contribution < -0.4 is 4.74 Å². The highest BCUT2D eigenvalue weighted by atomic mass is 16.8. The second kappa shape index (κ2) is 19.6. The minimum Gasteiger partial charge on any atom is -0.569 e. The predicted octanol–water partition coefficient (Wildman–Crippen LogP) is 8.44. The lowest BCUT2D eigenvalue weighted by molar-refractivity contribution is -0.719. The number of tetrazole rings is 1. The molecular formula is C43H49N9O8. The first-order chi connectivity index (χ1) is 28.9. The van der Waals surface area contributed by atoms with Crippen LogP contribution in [0.1, 0.15) is 81.5 Å². The summed E-state index contributed by atoms with van der Waals surface area (Å²) in [5, 5.41) is 31.7. The molecule has 0 aliphatic rings. The van der Waals surface area contributed by atoms with Crippen molar-refractivity contribution in [2.24, 2.45) is 5.28 Å². The fourth-order valence-corrected chi connectivity index (χ4v) is 6.27. The molecule has 0 fully saturated rings. The van der Waals surface area contributed by atoms with Crippen molar-refractivity contribution in [3.8, 4) is 28.5 Å². The number of hydrogen-bond donors (Lipinski definition) is 1. The van der Waals surface area contributed by atoms with Crippen molar-refractivity contribution in [2.75, 3.05) is 20.3 Å². The average Bonchev–Trinajstić information content (AvgIpc) is 3.90. The highest BCUT2D eigenvalue weighted by molar-refractivity contribution is 6.02. The van der Waals surface area contributed by atoms with Crippen LogP contribution in [0.5, 0.6) is 6.01 Å². The maximum atomic E-state index is 13.8. The summed E-state index contributed by atoms with van der Waals surface area (Å²) in [5.41, 5.74) is 5.24. The van der Waals surface area contributed by atoms with Crippen molar-refractivity contribution in [2.45, 2.75) is 78.4 Å². The van der Waals surface area contributed by atoms with E-state index in [4.69, 9.17) is 23.8 Å². The Balaban J connectivity index is 1.10. The van der Waals surface area contributed by atoms with Gasteiger partial charge in [-0.1, -0.05) is 84.9 Å². The van der Waals surface area contributed by atoms with Crippen molar-refractivity contribution in [3.05, 3.63) is 119 Å². The number of nitrogens with one attached hydrogen (secondary N) is 1. The van der Waals surface area contributed by atoms with Gasteiger partial charge in [0.15, 0.2) is 0 Å². The van der Waals surface area contributed by atoms with Gasteiger partial charge >= 0.3 is 12.1 Å². The smallest absolute Gasteiger partial charge is 0.511 e. The first-order valence-corrected chi connectivity index (χ1v) is 19.6. The number of rotatable bonds is 18. The Kier molecular flexibility index (Phi) is 13.9. The van der Waals surface area contributed by atoms with Gasteiger partial charge in [-0.25, -0.2) is 9.59 Å². The SMILES string of the molecule is CCOc1nc2cccc(C(=O)OC(C)OC(=O)OC(CCCCO/N=[N+](\[O-])N(C)C(C)(C)C)c3ccccc3)c2n1Cc1ccc(-c2ccccc2-c2nn[nH]n2)cc1. The van der Waals surface area contributed by atoms with E-state index in [-0.39, 0.29) is 12.2 Å². The molecule has 0 bridgehead atoms. The molecule has 60 heavy (non-hydrogen) atoms. The van der Waals surface area contributed by atoms with Crippen molar-refractivity contribution in [3.63, 3.8) is 0 Å². The summed E-state index contributed by atoms with van der Waals surface area (Å²) in [6.07, 6.45) is -1.39. The van der Waals surface area contributed by atoms with E-state index >= 15 is 0 Å². The van der Waals surface area contributed by atoms with Gasteiger partial charge in [0.05, 0.1) is 47.3 Å². The Hall–Kier alpha value is -7.04. The van der Waals surface area contributed by atoms with Gasteiger partial charge in [0.25, 0.3) is 6.01 Å². The topological polar surface area (TPSA) is 194 Å². The van der Waals surface area contributed by atoms with Crippen LogP contribution >= 0.6 is 0 Å². The van der Waals surface area contributed by atoms with E-state index in [0.717, 1.165) is 27.8 Å². The van der Waals surface area contributed by atoms with E-state index < -0.39 is 30.1 Å². The molecule has 0 radical (unpaired) electrons. The lowest BCUT2D eigenvalue weighted by atomic mass is 9.98. The number of imidazole rings is 1. The molecule has 314 valence electrons. The van der Waals surface area contributed by atoms with Crippen LogP contribution in [-0.2, 0) is 25.6 Å². The average molecular weight is 820 g/mol. The van der Waals surface area contributed by atoms with Crippen molar-refractivity contribution in [1.29, 1.82) is 0 Å². The predicted molar refractivity (Wildman–Crippen MR) is 220 cm³/mol. The first kappa shape index (κ1) is 42.6. The van der Waals surface area contributed by atoms with Crippen molar-refractivity contribution in [1.82, 2.24) is 35.2 Å². The van der Waals surface area contributed by atoms with Crippen LogP contribution in [0.2, 0.25) is 0 Å². The molecule has 1 N–H and O–H groups in total. The number of para-hydroxylation sites is 1. The van der Waals surface area contributed by atoms with Crippen LogP contribution in [0.25, 0.3) is 33.5 Å². The zero-order valence-electron chi connectivity index (χ0n) is 34.5. The van der Waals surface area contributed by atoms with Crippen LogP contribution in [0, 0.1) is 5.21 Å². The summed E-state index contributed by atoms with van der Waals surface area (Å²) in [6, 6.07) is 30.5. The third-order valence-corrected chi connectivity index (χ3v) is 9.60. The molecular weight excluding hydrogens is 771 g/mol. The van der Waals surface area contributed by atoms with E-state index in [1.54, 1.807) is 25.2 Å². The molecule has 0 aliphatic heterocycles. The molecule has 2 unspecified atom stereocenters. The molecule has 2 aromatic heterocycles. The number of unbranched alkanes of at least 4 members (excludes halogenated alkanes) is 1. The first-order valence-electron chi connectivity index (χ1n) is 19.6. The molecule has 6 rings (SSSR count). The Morgan fingerprint density at radius 1 is 0.917 bits per heavy atom. The summed E-state index contributed by atoms with van der Waals surface area (Å²) in [4.78, 5) is 37.1. The standard InChI is InChI=1S/C43H49N9O8/c1-7-56-41-44-36-21-15-20-35(38(36)51(41)28-30-23-25-31(26-24-30)33-18-11-12-19-34(33)39-45-47-48-46-39)40(53)58-29(2)59-42(54)60-37(32-16-9-8-10-17-32)22-13-14-27-57-49-52(55)50(6)43(3,4)5/h8-12,15-21,23-26,29,37H,7,13-14,22,27-28H2,1-6H3,(H,45,46,47,48)/b52-49-. The number of fused-ring (bicyclic) bond motifs is 1. The molecule has 0 aliphatic carbocycles. The van der Waals surface area contributed by atoms with Crippen LogP contribution in [-0.4, -0.2) is 84.4 Å². The minimum absolute atomic E-state index is 0.193. The summed E-state index contributed by atoms with van der Waals surface area (Å²) in [6.45, 7) is 9.82. The van der Waals surface area contributed by atoms with E-state index in [1.165, 1.54) is 11.9 Å². The normalized spacial score (nSPS) is 12.7. The zero-order chi connectivity index (χ0) is 42.6. The molecule has 6 aromatic rings. The number of esters is 1. The molecule has 0 spiro atoms. The maximum Gasteiger partial charge on any atom is 0.511 e. The fourth-order valence-electron chi connectivity index (χ4n) is 6.27. The summed E-state index contributed by atoms with van der Waals surface area (Å²) >= 11 is 0. The molecule has 17 heteroatoms. The van der Waals surface area contributed by atoms with Gasteiger partial charge in [0.2, 0.25) is 17.4 Å². The molecule has 0 amide bonds.